The van der Waals surface area contributed by atoms with Gasteiger partial charge in [-0.25, -0.2) is 9.18 Å². The third-order valence-electron chi connectivity index (χ3n) is 5.22. The van der Waals surface area contributed by atoms with Gasteiger partial charge in [-0.15, -0.1) is 0 Å². The minimum absolute atomic E-state index is 0.0887. The molecule has 0 N–H and O–H groups in total. The lowest BCUT2D eigenvalue weighted by molar-refractivity contribution is -0.385. The molecule has 4 rings (SSSR count). The van der Waals surface area contributed by atoms with Crippen molar-refractivity contribution < 1.29 is 9.31 Å². The third-order valence-corrected chi connectivity index (χ3v) is 5.22. The quantitative estimate of drug-likeness (QED) is 0.385. The Bertz CT molecular complexity index is 1450. The molecular formula is C21H17FN4O4. The summed E-state index contributed by atoms with van der Waals surface area (Å²) in [5.41, 5.74) is 1.10. The average Bonchev–Trinajstić information content (AvgIpc) is 3.12. The van der Waals surface area contributed by atoms with Crippen LogP contribution in [-0.2, 0) is 14.1 Å². The monoisotopic (exact) mass is 408 g/mol. The molecule has 0 aliphatic rings. The van der Waals surface area contributed by atoms with E-state index in [-0.39, 0.29) is 11.1 Å². The molecule has 9 heteroatoms. The zero-order valence-corrected chi connectivity index (χ0v) is 16.4. The fraction of sp³-hybridized carbons (Fsp3) is 0.143. The number of nitro groups is 1. The summed E-state index contributed by atoms with van der Waals surface area (Å²) >= 11 is 0. The van der Waals surface area contributed by atoms with E-state index in [0.717, 1.165) is 4.57 Å². The molecule has 0 fully saturated rings. The molecule has 0 saturated carbocycles. The molecular weight excluding hydrogens is 391 g/mol. The average molecular weight is 408 g/mol. The van der Waals surface area contributed by atoms with E-state index in [1.54, 1.807) is 36.9 Å². The van der Waals surface area contributed by atoms with E-state index < -0.39 is 22.0 Å². The molecule has 0 atom stereocenters. The van der Waals surface area contributed by atoms with Crippen molar-refractivity contribution in [2.24, 2.45) is 14.1 Å². The summed E-state index contributed by atoms with van der Waals surface area (Å²) in [5, 5.41) is 11.7. The summed E-state index contributed by atoms with van der Waals surface area (Å²) in [6, 6.07) is 10.3. The van der Waals surface area contributed by atoms with Crippen molar-refractivity contribution in [1.29, 1.82) is 0 Å². The van der Waals surface area contributed by atoms with E-state index in [4.69, 9.17) is 0 Å². The first-order valence-electron chi connectivity index (χ1n) is 9.03. The number of halogens is 1. The fourth-order valence-corrected chi connectivity index (χ4v) is 3.58. The molecule has 2 heterocycles. The maximum Gasteiger partial charge on any atom is 0.330 e. The molecule has 2 aromatic heterocycles. The summed E-state index contributed by atoms with van der Waals surface area (Å²) in [6.07, 6.45) is 1.60. The van der Waals surface area contributed by atoms with Gasteiger partial charge in [0, 0.05) is 43.2 Å². The van der Waals surface area contributed by atoms with Crippen molar-refractivity contribution in [3.05, 3.63) is 91.0 Å². The number of nitrogens with zero attached hydrogens (tertiary/aromatic N) is 4. The van der Waals surface area contributed by atoms with Gasteiger partial charge in [-0.2, -0.15) is 0 Å². The molecule has 30 heavy (non-hydrogen) atoms. The lowest BCUT2D eigenvalue weighted by atomic mass is 10.1. The topological polar surface area (TPSA) is 92.1 Å². The maximum atomic E-state index is 13.5. The molecule has 152 valence electrons. The van der Waals surface area contributed by atoms with Crippen LogP contribution in [0.25, 0.3) is 27.8 Å². The predicted octanol–water partition coefficient (Wildman–Crippen LogP) is 3.05. The number of benzene rings is 2. The summed E-state index contributed by atoms with van der Waals surface area (Å²) in [4.78, 5) is 36.4. The Morgan fingerprint density at radius 1 is 1.00 bits per heavy atom. The number of aromatic nitrogens is 3. The van der Waals surface area contributed by atoms with Crippen LogP contribution in [0.1, 0.15) is 5.56 Å². The smallest absolute Gasteiger partial charge is 0.314 e. The lowest BCUT2D eigenvalue weighted by Gasteiger charge is -2.11. The highest BCUT2D eigenvalue weighted by atomic mass is 19.1. The van der Waals surface area contributed by atoms with Gasteiger partial charge < -0.3 is 4.57 Å². The van der Waals surface area contributed by atoms with Crippen LogP contribution in [-0.4, -0.2) is 18.6 Å². The number of hydrogen-bond acceptors (Lipinski definition) is 4. The highest BCUT2D eigenvalue weighted by Gasteiger charge is 2.22. The summed E-state index contributed by atoms with van der Waals surface area (Å²) < 4.78 is 17.4. The minimum Gasteiger partial charge on any atom is -0.314 e. The second-order valence-electron chi connectivity index (χ2n) is 7.05. The molecule has 0 saturated heterocycles. The number of aryl methyl sites for hydroxylation is 2. The molecule has 0 bridgehead atoms. The largest absolute Gasteiger partial charge is 0.330 e. The van der Waals surface area contributed by atoms with E-state index >= 15 is 0 Å². The summed E-state index contributed by atoms with van der Waals surface area (Å²) in [5.74, 6) is -0.425. The minimum atomic E-state index is -0.521. The van der Waals surface area contributed by atoms with Gasteiger partial charge in [0.05, 0.1) is 21.5 Å². The van der Waals surface area contributed by atoms with Gasteiger partial charge >= 0.3 is 5.69 Å². The van der Waals surface area contributed by atoms with Crippen LogP contribution in [0.5, 0.6) is 0 Å². The van der Waals surface area contributed by atoms with Crippen LogP contribution in [0.4, 0.5) is 10.1 Å². The SMILES string of the molecule is Cc1ccc(-c2c3c(=O)n(C)c(=O)n(C)c3cn2-c2ccc(F)cc2)cc1[N+](=O)[O-]. The standard InChI is InChI=1S/C21H17FN4O4/c1-12-4-5-13(10-16(12)26(29)30)19-18-17(23(2)21(28)24(3)20(18)27)11-25(19)15-8-6-14(22)7-9-15/h4-11H,1-3H3. The molecule has 0 aliphatic carbocycles. The summed E-state index contributed by atoms with van der Waals surface area (Å²) in [6.45, 7) is 1.63. The van der Waals surface area contributed by atoms with Crippen molar-refractivity contribution in [2.75, 3.05) is 0 Å². The highest BCUT2D eigenvalue weighted by Crippen LogP contribution is 2.33. The first kappa shape index (κ1) is 19.3. The van der Waals surface area contributed by atoms with Crippen LogP contribution < -0.4 is 11.2 Å². The van der Waals surface area contributed by atoms with Crippen LogP contribution >= 0.6 is 0 Å². The first-order chi connectivity index (χ1) is 14.2. The zero-order chi connectivity index (χ0) is 21.7. The normalized spacial score (nSPS) is 11.2. The Morgan fingerprint density at radius 3 is 2.30 bits per heavy atom. The number of nitro benzene ring substituents is 1. The van der Waals surface area contributed by atoms with Crippen LogP contribution in [0.15, 0.2) is 58.3 Å². The molecule has 0 amide bonds. The molecule has 0 radical (unpaired) electrons. The Balaban J connectivity index is 2.19. The van der Waals surface area contributed by atoms with E-state index in [0.29, 0.717) is 28.0 Å². The Hall–Kier alpha value is -4.01. The fourth-order valence-electron chi connectivity index (χ4n) is 3.58. The van der Waals surface area contributed by atoms with Crippen molar-refractivity contribution in [3.8, 4) is 16.9 Å². The van der Waals surface area contributed by atoms with Crippen molar-refractivity contribution >= 4 is 16.6 Å². The molecule has 0 unspecified atom stereocenters. The number of rotatable bonds is 3. The Labute approximate surface area is 169 Å². The van der Waals surface area contributed by atoms with Gasteiger partial charge in [0.2, 0.25) is 0 Å². The Kier molecular flexibility index (Phi) is 4.38. The van der Waals surface area contributed by atoms with Gasteiger partial charge in [0.15, 0.2) is 0 Å². The van der Waals surface area contributed by atoms with Crippen molar-refractivity contribution in [2.45, 2.75) is 6.92 Å². The first-order valence-corrected chi connectivity index (χ1v) is 9.03. The van der Waals surface area contributed by atoms with Crippen LogP contribution in [0.3, 0.4) is 0 Å². The van der Waals surface area contributed by atoms with Gasteiger partial charge in [-0.3, -0.25) is 24.0 Å². The van der Waals surface area contributed by atoms with Crippen molar-refractivity contribution in [1.82, 2.24) is 13.7 Å². The van der Waals surface area contributed by atoms with E-state index in [1.807, 2.05) is 0 Å². The zero-order valence-electron chi connectivity index (χ0n) is 16.4. The third kappa shape index (κ3) is 2.83. The molecule has 4 aromatic rings. The van der Waals surface area contributed by atoms with E-state index in [9.17, 15) is 24.1 Å². The second kappa shape index (κ2) is 6.80. The molecule has 0 aliphatic heterocycles. The van der Waals surface area contributed by atoms with Gasteiger partial charge in [-0.05, 0) is 31.2 Å². The number of hydrogen-bond donors (Lipinski definition) is 0. The van der Waals surface area contributed by atoms with Gasteiger partial charge in [-0.1, -0.05) is 12.1 Å². The maximum absolute atomic E-state index is 13.5. The lowest BCUT2D eigenvalue weighted by Crippen LogP contribution is -2.36. The van der Waals surface area contributed by atoms with Crippen LogP contribution in [0.2, 0.25) is 0 Å². The molecule has 8 nitrogen and oxygen atoms in total. The van der Waals surface area contributed by atoms with Gasteiger partial charge in [0.1, 0.15) is 5.82 Å². The van der Waals surface area contributed by atoms with E-state index in [1.165, 1.54) is 41.9 Å². The van der Waals surface area contributed by atoms with Gasteiger partial charge in [0.25, 0.3) is 11.2 Å². The van der Waals surface area contributed by atoms with E-state index in [2.05, 4.69) is 0 Å². The predicted molar refractivity (Wildman–Crippen MR) is 111 cm³/mol. The molecule has 0 spiro atoms. The number of fused-ring (bicyclic) bond motifs is 1. The highest BCUT2D eigenvalue weighted by molar-refractivity contribution is 5.95. The van der Waals surface area contributed by atoms with Crippen LogP contribution in [0, 0.1) is 22.9 Å². The molecule has 2 aromatic carbocycles. The summed E-state index contributed by atoms with van der Waals surface area (Å²) in [7, 11) is 2.92. The second-order valence-corrected chi connectivity index (χ2v) is 7.05. The van der Waals surface area contributed by atoms with Crippen molar-refractivity contribution in [3.63, 3.8) is 0 Å². The Morgan fingerprint density at radius 2 is 1.67 bits per heavy atom.